The number of aromatic nitrogens is 4. The second-order valence-electron chi connectivity index (χ2n) is 4.35. The van der Waals surface area contributed by atoms with E-state index in [0.717, 1.165) is 6.42 Å². The number of carboxylic acid groups (broad SMARTS) is 1. The highest BCUT2D eigenvalue weighted by Gasteiger charge is 2.33. The first-order valence-corrected chi connectivity index (χ1v) is 5.73. The Kier molecular flexibility index (Phi) is 3.14. The number of rotatable bonds is 5. The van der Waals surface area contributed by atoms with E-state index < -0.39 is 11.5 Å². The summed E-state index contributed by atoms with van der Waals surface area (Å²) in [5, 5.41) is 20.0. The second-order valence-corrected chi connectivity index (χ2v) is 4.35. The third kappa shape index (κ3) is 2.11. The van der Waals surface area contributed by atoms with E-state index in [0.29, 0.717) is 17.9 Å². The highest BCUT2D eigenvalue weighted by atomic mass is 16.4. The van der Waals surface area contributed by atoms with Crippen molar-refractivity contribution in [2.24, 2.45) is 0 Å². The number of nitrogens with zero attached hydrogens (tertiary/aromatic N) is 4. The first kappa shape index (κ1) is 12.3. The monoisotopic (exact) mass is 249 g/mol. The molecular formula is C11H15N5O2. The average molecular weight is 249 g/mol. The summed E-state index contributed by atoms with van der Waals surface area (Å²) in [5.74, 6) is -0.485. The summed E-state index contributed by atoms with van der Waals surface area (Å²) in [5.41, 5.74) is -0.545. The summed E-state index contributed by atoms with van der Waals surface area (Å²) in [6, 6.07) is 0. The Morgan fingerprint density at radius 1 is 1.61 bits per heavy atom. The van der Waals surface area contributed by atoms with Gasteiger partial charge in [-0.1, -0.05) is 13.3 Å². The van der Waals surface area contributed by atoms with Crippen molar-refractivity contribution in [3.63, 3.8) is 0 Å². The van der Waals surface area contributed by atoms with Crippen molar-refractivity contribution >= 4 is 17.4 Å². The third-order valence-electron chi connectivity index (χ3n) is 2.83. The highest BCUT2D eigenvalue weighted by Crippen LogP contribution is 2.21. The zero-order chi connectivity index (χ0) is 13.2. The Hall–Kier alpha value is -2.18. The molecule has 1 unspecified atom stereocenters. The van der Waals surface area contributed by atoms with Crippen molar-refractivity contribution in [2.45, 2.75) is 32.2 Å². The van der Waals surface area contributed by atoms with Gasteiger partial charge in [0.05, 0.1) is 0 Å². The predicted molar refractivity (Wildman–Crippen MR) is 65.4 cm³/mol. The van der Waals surface area contributed by atoms with Gasteiger partial charge in [0.15, 0.2) is 5.82 Å². The van der Waals surface area contributed by atoms with Gasteiger partial charge in [-0.15, -0.1) is 10.2 Å². The molecule has 0 amide bonds. The van der Waals surface area contributed by atoms with E-state index in [4.69, 9.17) is 0 Å². The van der Waals surface area contributed by atoms with Gasteiger partial charge in [0.2, 0.25) is 5.65 Å². The van der Waals surface area contributed by atoms with Gasteiger partial charge in [-0.2, -0.15) is 0 Å². The van der Waals surface area contributed by atoms with Crippen LogP contribution in [0.4, 0.5) is 5.82 Å². The molecule has 0 fully saturated rings. The Labute approximate surface area is 104 Å². The Bertz CT molecular complexity index is 567. The first-order valence-electron chi connectivity index (χ1n) is 5.73. The molecule has 2 rings (SSSR count). The summed E-state index contributed by atoms with van der Waals surface area (Å²) < 4.78 is 1.68. The van der Waals surface area contributed by atoms with Crippen LogP contribution in [-0.4, -0.2) is 36.2 Å². The molecule has 0 aliphatic rings. The number of hydrogen-bond acceptors (Lipinski definition) is 5. The molecule has 2 N–H and O–H groups in total. The standard InChI is InChI=1S/C11H15N5O2/c1-3-4-11(2,10(17)18)14-8-9-15-13-7-16(9)6-5-12-8/h5-7H,3-4H2,1-2H3,(H,12,14)(H,17,18). The SMILES string of the molecule is CCCC(C)(Nc1nccn2cnnc12)C(=O)O. The molecular weight excluding hydrogens is 234 g/mol. The lowest BCUT2D eigenvalue weighted by Gasteiger charge is -2.26. The minimum Gasteiger partial charge on any atom is -0.480 e. The smallest absolute Gasteiger partial charge is 0.329 e. The zero-order valence-corrected chi connectivity index (χ0v) is 10.3. The van der Waals surface area contributed by atoms with Crippen molar-refractivity contribution in [2.75, 3.05) is 5.32 Å². The summed E-state index contributed by atoms with van der Waals surface area (Å²) in [6.45, 7) is 3.58. The van der Waals surface area contributed by atoms with Crippen molar-refractivity contribution in [1.82, 2.24) is 19.6 Å². The van der Waals surface area contributed by atoms with Crippen LogP contribution in [0.2, 0.25) is 0 Å². The van der Waals surface area contributed by atoms with Crippen LogP contribution in [0, 0.1) is 0 Å². The predicted octanol–water partition coefficient (Wildman–Crippen LogP) is 1.18. The molecule has 7 heteroatoms. The number of nitrogens with one attached hydrogen (secondary N) is 1. The van der Waals surface area contributed by atoms with E-state index >= 15 is 0 Å². The molecule has 2 aromatic rings. The Morgan fingerprint density at radius 3 is 3.06 bits per heavy atom. The van der Waals surface area contributed by atoms with Gasteiger partial charge in [0.1, 0.15) is 11.9 Å². The summed E-state index contributed by atoms with van der Waals surface area (Å²) in [4.78, 5) is 15.5. The molecule has 0 aromatic carbocycles. The minimum atomic E-state index is -1.06. The normalized spacial score (nSPS) is 14.3. The van der Waals surface area contributed by atoms with E-state index in [1.165, 1.54) is 0 Å². The molecule has 0 aliphatic carbocycles. The molecule has 0 saturated heterocycles. The van der Waals surface area contributed by atoms with Crippen molar-refractivity contribution in [3.8, 4) is 0 Å². The number of carbonyl (C=O) groups is 1. The molecule has 0 aliphatic heterocycles. The van der Waals surface area contributed by atoms with E-state index in [9.17, 15) is 9.90 Å². The van der Waals surface area contributed by atoms with E-state index in [1.54, 1.807) is 30.0 Å². The van der Waals surface area contributed by atoms with Gasteiger partial charge in [-0.25, -0.2) is 9.78 Å². The fraction of sp³-hybridized carbons (Fsp3) is 0.455. The molecule has 1 atom stereocenters. The topological polar surface area (TPSA) is 92.4 Å². The molecule has 18 heavy (non-hydrogen) atoms. The number of fused-ring (bicyclic) bond motifs is 1. The van der Waals surface area contributed by atoms with E-state index in [2.05, 4.69) is 20.5 Å². The van der Waals surface area contributed by atoms with E-state index in [-0.39, 0.29) is 0 Å². The van der Waals surface area contributed by atoms with Gasteiger partial charge < -0.3 is 10.4 Å². The number of carboxylic acids is 1. The molecule has 7 nitrogen and oxygen atoms in total. The molecule has 96 valence electrons. The largest absolute Gasteiger partial charge is 0.480 e. The minimum absolute atomic E-state index is 0.424. The van der Waals surface area contributed by atoms with Crippen LogP contribution < -0.4 is 5.32 Å². The Morgan fingerprint density at radius 2 is 2.39 bits per heavy atom. The van der Waals surface area contributed by atoms with Crippen LogP contribution in [0.25, 0.3) is 5.65 Å². The van der Waals surface area contributed by atoms with Gasteiger partial charge >= 0.3 is 5.97 Å². The zero-order valence-electron chi connectivity index (χ0n) is 10.3. The van der Waals surface area contributed by atoms with Gasteiger partial charge in [-0.05, 0) is 13.3 Å². The fourth-order valence-electron chi connectivity index (χ4n) is 1.83. The van der Waals surface area contributed by atoms with E-state index in [1.807, 2.05) is 6.92 Å². The maximum atomic E-state index is 11.4. The average Bonchev–Trinajstić information content (AvgIpc) is 2.78. The molecule has 2 aromatic heterocycles. The molecule has 0 radical (unpaired) electrons. The van der Waals surface area contributed by atoms with Crippen molar-refractivity contribution in [1.29, 1.82) is 0 Å². The van der Waals surface area contributed by atoms with Crippen LogP contribution in [-0.2, 0) is 4.79 Å². The number of hydrogen-bond donors (Lipinski definition) is 2. The molecule has 0 saturated carbocycles. The third-order valence-corrected chi connectivity index (χ3v) is 2.83. The fourth-order valence-corrected chi connectivity index (χ4v) is 1.83. The summed E-state index contributed by atoms with van der Waals surface area (Å²) in [7, 11) is 0. The highest BCUT2D eigenvalue weighted by molar-refractivity contribution is 5.83. The second kappa shape index (κ2) is 4.59. The molecule has 2 heterocycles. The molecule has 0 spiro atoms. The van der Waals surface area contributed by atoms with Crippen LogP contribution in [0.5, 0.6) is 0 Å². The van der Waals surface area contributed by atoms with Crippen LogP contribution in [0.1, 0.15) is 26.7 Å². The maximum absolute atomic E-state index is 11.4. The van der Waals surface area contributed by atoms with Crippen LogP contribution in [0.15, 0.2) is 18.7 Å². The maximum Gasteiger partial charge on any atom is 0.329 e. The van der Waals surface area contributed by atoms with Crippen molar-refractivity contribution < 1.29 is 9.90 Å². The van der Waals surface area contributed by atoms with Gasteiger partial charge in [0, 0.05) is 12.4 Å². The first-order chi connectivity index (χ1) is 8.57. The van der Waals surface area contributed by atoms with Crippen LogP contribution in [0.3, 0.4) is 0 Å². The van der Waals surface area contributed by atoms with Gasteiger partial charge in [-0.3, -0.25) is 4.40 Å². The lowest BCUT2D eigenvalue weighted by atomic mass is 9.96. The number of anilines is 1. The van der Waals surface area contributed by atoms with Gasteiger partial charge in [0.25, 0.3) is 0 Å². The van der Waals surface area contributed by atoms with Crippen molar-refractivity contribution in [3.05, 3.63) is 18.7 Å². The Balaban J connectivity index is 2.37. The molecule has 0 bridgehead atoms. The lowest BCUT2D eigenvalue weighted by Crippen LogP contribution is -2.43. The lowest BCUT2D eigenvalue weighted by molar-refractivity contribution is -0.142. The summed E-state index contributed by atoms with van der Waals surface area (Å²) in [6.07, 6.45) is 6.08. The quantitative estimate of drug-likeness (QED) is 0.826. The number of aliphatic carboxylic acids is 1. The van der Waals surface area contributed by atoms with Crippen LogP contribution >= 0.6 is 0 Å². The summed E-state index contributed by atoms with van der Waals surface area (Å²) >= 11 is 0.